The van der Waals surface area contributed by atoms with Crippen molar-refractivity contribution in [3.63, 3.8) is 0 Å². The number of rotatable bonds is 5. The Morgan fingerprint density at radius 2 is 2.37 bits per heavy atom. The normalized spacial score (nSPS) is 10.6. The molecule has 0 unspecified atom stereocenters. The zero-order chi connectivity index (χ0) is 13.7. The highest BCUT2D eigenvalue weighted by Crippen LogP contribution is 2.11. The molecule has 1 aromatic carbocycles. The molecule has 0 aliphatic carbocycles. The fourth-order valence-electron chi connectivity index (χ4n) is 1.71. The molecule has 19 heavy (non-hydrogen) atoms. The van der Waals surface area contributed by atoms with E-state index in [9.17, 15) is 4.79 Å². The van der Waals surface area contributed by atoms with Crippen molar-refractivity contribution in [2.75, 3.05) is 24.6 Å². The van der Waals surface area contributed by atoms with Gasteiger partial charge in [-0.3, -0.25) is 9.69 Å². The third-order valence-electron chi connectivity index (χ3n) is 2.50. The zero-order valence-corrected chi connectivity index (χ0v) is 11.5. The number of anilines is 2. The van der Waals surface area contributed by atoms with Crippen LogP contribution in [0.1, 0.15) is 5.69 Å². The Bertz CT molecular complexity index is 541. The predicted molar refractivity (Wildman–Crippen MR) is 77.9 cm³/mol. The van der Waals surface area contributed by atoms with Crippen LogP contribution in [-0.2, 0) is 11.3 Å². The third kappa shape index (κ3) is 4.35. The molecule has 1 amide bonds. The molecule has 100 valence electrons. The molecule has 0 aliphatic heterocycles. The van der Waals surface area contributed by atoms with Gasteiger partial charge in [0.2, 0.25) is 5.91 Å². The van der Waals surface area contributed by atoms with Crippen LogP contribution in [-0.4, -0.2) is 29.4 Å². The summed E-state index contributed by atoms with van der Waals surface area (Å²) in [5.41, 5.74) is 9.77. The molecule has 0 saturated heterocycles. The van der Waals surface area contributed by atoms with E-state index in [-0.39, 0.29) is 5.91 Å². The van der Waals surface area contributed by atoms with Crippen molar-refractivity contribution >= 4 is 28.6 Å². The summed E-state index contributed by atoms with van der Waals surface area (Å²) < 4.78 is 0. The van der Waals surface area contributed by atoms with E-state index in [0.29, 0.717) is 24.5 Å². The second-order valence-electron chi connectivity index (χ2n) is 4.33. The Kier molecular flexibility index (Phi) is 4.48. The van der Waals surface area contributed by atoms with Crippen LogP contribution in [0.25, 0.3) is 0 Å². The van der Waals surface area contributed by atoms with E-state index in [4.69, 9.17) is 5.73 Å². The van der Waals surface area contributed by atoms with Crippen molar-refractivity contribution in [2.24, 2.45) is 0 Å². The quantitative estimate of drug-likeness (QED) is 0.817. The fourth-order valence-corrected chi connectivity index (χ4v) is 2.26. The summed E-state index contributed by atoms with van der Waals surface area (Å²) in [5.74, 6) is -0.0664. The van der Waals surface area contributed by atoms with Gasteiger partial charge in [-0.2, -0.15) is 0 Å². The van der Waals surface area contributed by atoms with Gasteiger partial charge < -0.3 is 11.1 Å². The smallest absolute Gasteiger partial charge is 0.238 e. The summed E-state index contributed by atoms with van der Waals surface area (Å²) in [4.78, 5) is 18.0. The highest BCUT2D eigenvalue weighted by atomic mass is 32.1. The molecule has 2 aromatic rings. The van der Waals surface area contributed by atoms with E-state index in [1.54, 1.807) is 29.0 Å². The minimum atomic E-state index is -0.0664. The number of hydrogen-bond acceptors (Lipinski definition) is 5. The van der Waals surface area contributed by atoms with Crippen molar-refractivity contribution in [2.45, 2.75) is 6.54 Å². The van der Waals surface area contributed by atoms with E-state index in [0.717, 1.165) is 5.69 Å². The van der Waals surface area contributed by atoms with E-state index in [2.05, 4.69) is 10.3 Å². The molecule has 0 aliphatic rings. The first-order valence-corrected chi connectivity index (χ1v) is 6.79. The van der Waals surface area contributed by atoms with E-state index in [1.165, 1.54) is 0 Å². The number of carbonyl (C=O) groups excluding carboxylic acids is 1. The average Bonchev–Trinajstić information content (AvgIpc) is 2.81. The maximum absolute atomic E-state index is 11.9. The number of carbonyl (C=O) groups is 1. The van der Waals surface area contributed by atoms with Crippen LogP contribution in [0.4, 0.5) is 11.4 Å². The molecule has 0 spiro atoms. The maximum atomic E-state index is 11.9. The lowest BCUT2D eigenvalue weighted by atomic mass is 10.3. The first-order valence-electron chi connectivity index (χ1n) is 5.84. The van der Waals surface area contributed by atoms with Gasteiger partial charge in [0, 0.05) is 23.3 Å². The molecular formula is C13H16N4OS. The van der Waals surface area contributed by atoms with Crippen LogP contribution < -0.4 is 11.1 Å². The molecular weight excluding hydrogens is 260 g/mol. The Labute approximate surface area is 116 Å². The minimum absolute atomic E-state index is 0.0664. The van der Waals surface area contributed by atoms with Gasteiger partial charge >= 0.3 is 0 Å². The summed E-state index contributed by atoms with van der Waals surface area (Å²) in [7, 11) is 1.89. The van der Waals surface area contributed by atoms with Gasteiger partial charge in [-0.1, -0.05) is 6.07 Å². The number of likely N-dealkylation sites (N-methyl/N-ethyl adjacent to an activating group) is 1. The molecule has 1 heterocycles. The van der Waals surface area contributed by atoms with Crippen molar-refractivity contribution in [3.05, 3.63) is 40.8 Å². The van der Waals surface area contributed by atoms with Crippen molar-refractivity contribution in [1.82, 2.24) is 9.88 Å². The number of hydrogen-bond donors (Lipinski definition) is 2. The van der Waals surface area contributed by atoms with Crippen LogP contribution >= 0.6 is 11.3 Å². The minimum Gasteiger partial charge on any atom is -0.399 e. The fraction of sp³-hybridized carbons (Fsp3) is 0.231. The second-order valence-corrected chi connectivity index (χ2v) is 5.04. The number of amides is 1. The monoisotopic (exact) mass is 276 g/mol. The van der Waals surface area contributed by atoms with Crippen molar-refractivity contribution < 1.29 is 4.79 Å². The van der Waals surface area contributed by atoms with Crippen LogP contribution in [0.3, 0.4) is 0 Å². The number of nitrogen functional groups attached to an aromatic ring is 1. The molecule has 5 nitrogen and oxygen atoms in total. The number of aromatic nitrogens is 1. The third-order valence-corrected chi connectivity index (χ3v) is 3.13. The van der Waals surface area contributed by atoms with Gasteiger partial charge in [0.1, 0.15) is 0 Å². The summed E-state index contributed by atoms with van der Waals surface area (Å²) in [5, 5.41) is 4.79. The van der Waals surface area contributed by atoms with Crippen LogP contribution in [0.15, 0.2) is 35.2 Å². The van der Waals surface area contributed by atoms with Crippen LogP contribution in [0.2, 0.25) is 0 Å². The Hall–Kier alpha value is -1.92. The summed E-state index contributed by atoms with van der Waals surface area (Å²) in [6.45, 7) is 0.972. The van der Waals surface area contributed by atoms with Gasteiger partial charge in [-0.25, -0.2) is 4.98 Å². The first-order chi connectivity index (χ1) is 9.13. The number of benzene rings is 1. The molecule has 0 radical (unpaired) electrons. The lowest BCUT2D eigenvalue weighted by Gasteiger charge is -2.15. The molecule has 0 bridgehead atoms. The first kappa shape index (κ1) is 13.5. The maximum Gasteiger partial charge on any atom is 0.238 e. The summed E-state index contributed by atoms with van der Waals surface area (Å²) in [6, 6.07) is 7.14. The standard InChI is InChI=1S/C13H16N4OS/c1-17(6-12-8-19-9-15-12)7-13(18)16-11-4-2-3-10(14)5-11/h2-5,8-9H,6-7,14H2,1H3,(H,16,18). The second kappa shape index (κ2) is 6.31. The SMILES string of the molecule is CN(CC(=O)Nc1cccc(N)c1)Cc1cscn1. The van der Waals surface area contributed by atoms with Crippen LogP contribution in [0.5, 0.6) is 0 Å². The van der Waals surface area contributed by atoms with E-state index >= 15 is 0 Å². The number of thiazole rings is 1. The number of nitrogens with two attached hydrogens (primary N) is 1. The van der Waals surface area contributed by atoms with E-state index < -0.39 is 0 Å². The molecule has 6 heteroatoms. The molecule has 0 saturated carbocycles. The Morgan fingerprint density at radius 1 is 1.53 bits per heavy atom. The Balaban J connectivity index is 1.84. The van der Waals surface area contributed by atoms with Crippen molar-refractivity contribution in [3.8, 4) is 0 Å². The molecule has 1 aromatic heterocycles. The van der Waals surface area contributed by atoms with Crippen LogP contribution in [0, 0.1) is 0 Å². The van der Waals surface area contributed by atoms with Gasteiger partial charge in [0.05, 0.1) is 17.7 Å². The summed E-state index contributed by atoms with van der Waals surface area (Å²) >= 11 is 1.55. The van der Waals surface area contributed by atoms with Gasteiger partial charge in [-0.15, -0.1) is 11.3 Å². The summed E-state index contributed by atoms with van der Waals surface area (Å²) in [6.07, 6.45) is 0. The molecule has 0 fully saturated rings. The number of nitrogens with zero attached hydrogens (tertiary/aromatic N) is 2. The Morgan fingerprint density at radius 3 is 3.05 bits per heavy atom. The lowest BCUT2D eigenvalue weighted by Crippen LogP contribution is -2.29. The zero-order valence-electron chi connectivity index (χ0n) is 10.7. The van der Waals surface area contributed by atoms with E-state index in [1.807, 2.05) is 29.5 Å². The van der Waals surface area contributed by atoms with Gasteiger partial charge in [0.15, 0.2) is 0 Å². The number of nitrogens with one attached hydrogen (secondary N) is 1. The molecule has 2 rings (SSSR count). The lowest BCUT2D eigenvalue weighted by molar-refractivity contribution is -0.117. The largest absolute Gasteiger partial charge is 0.399 e. The van der Waals surface area contributed by atoms with Gasteiger partial charge in [0.25, 0.3) is 0 Å². The highest BCUT2D eigenvalue weighted by molar-refractivity contribution is 7.07. The molecule has 0 atom stereocenters. The van der Waals surface area contributed by atoms with Crippen molar-refractivity contribution in [1.29, 1.82) is 0 Å². The van der Waals surface area contributed by atoms with Gasteiger partial charge in [-0.05, 0) is 25.2 Å². The highest BCUT2D eigenvalue weighted by Gasteiger charge is 2.08. The predicted octanol–water partition coefficient (Wildman–Crippen LogP) is 1.80. The topological polar surface area (TPSA) is 71.2 Å². The molecule has 3 N–H and O–H groups in total. The average molecular weight is 276 g/mol.